The third-order valence-electron chi connectivity index (χ3n) is 2.92. The SMILES string of the molecule is C/C(C#C[Si](C)(C)C)=C1/COCc2ccccc21. The number of allylic oxidation sites excluding steroid dienone is 1. The number of fused-ring (bicyclic) bond motifs is 1. The first-order chi connectivity index (χ1) is 8.47. The molecule has 0 radical (unpaired) electrons. The third-order valence-corrected chi connectivity index (χ3v) is 3.80. The maximum atomic E-state index is 5.65. The first kappa shape index (κ1) is 13.1. The van der Waals surface area contributed by atoms with E-state index in [9.17, 15) is 0 Å². The summed E-state index contributed by atoms with van der Waals surface area (Å²) >= 11 is 0. The van der Waals surface area contributed by atoms with Gasteiger partial charge in [0.15, 0.2) is 0 Å². The molecule has 0 fully saturated rings. The number of hydrogen-bond donors (Lipinski definition) is 0. The molecule has 0 saturated heterocycles. The molecule has 0 aromatic heterocycles. The van der Waals surface area contributed by atoms with Crippen LogP contribution >= 0.6 is 0 Å². The van der Waals surface area contributed by atoms with Gasteiger partial charge in [-0.15, -0.1) is 5.54 Å². The van der Waals surface area contributed by atoms with Crippen LogP contribution in [0, 0.1) is 11.5 Å². The lowest BCUT2D eigenvalue weighted by Crippen LogP contribution is -2.16. The van der Waals surface area contributed by atoms with Gasteiger partial charge in [-0.05, 0) is 23.6 Å². The van der Waals surface area contributed by atoms with Gasteiger partial charge in [0, 0.05) is 5.57 Å². The molecule has 18 heavy (non-hydrogen) atoms. The van der Waals surface area contributed by atoms with E-state index >= 15 is 0 Å². The van der Waals surface area contributed by atoms with Crippen molar-refractivity contribution in [3.63, 3.8) is 0 Å². The van der Waals surface area contributed by atoms with Gasteiger partial charge >= 0.3 is 0 Å². The molecule has 0 amide bonds. The van der Waals surface area contributed by atoms with E-state index in [0.717, 1.165) is 5.57 Å². The maximum absolute atomic E-state index is 5.65. The summed E-state index contributed by atoms with van der Waals surface area (Å²) in [4.78, 5) is 0. The van der Waals surface area contributed by atoms with Crippen LogP contribution in [-0.4, -0.2) is 14.7 Å². The van der Waals surface area contributed by atoms with E-state index in [2.05, 4.69) is 62.3 Å². The normalized spacial score (nSPS) is 17.6. The molecule has 0 N–H and O–H groups in total. The summed E-state index contributed by atoms with van der Waals surface area (Å²) in [6, 6.07) is 8.46. The van der Waals surface area contributed by atoms with Crippen molar-refractivity contribution in [2.75, 3.05) is 6.61 Å². The Morgan fingerprint density at radius 1 is 1.17 bits per heavy atom. The van der Waals surface area contributed by atoms with Crippen LogP contribution < -0.4 is 0 Å². The van der Waals surface area contributed by atoms with Crippen LogP contribution in [-0.2, 0) is 11.3 Å². The van der Waals surface area contributed by atoms with Crippen LogP contribution in [0.2, 0.25) is 19.6 Å². The Bertz CT molecular complexity index is 538. The predicted molar refractivity (Wildman–Crippen MR) is 79.8 cm³/mol. The zero-order valence-corrected chi connectivity index (χ0v) is 12.6. The summed E-state index contributed by atoms with van der Waals surface area (Å²) in [6.45, 7) is 10.3. The van der Waals surface area contributed by atoms with Gasteiger partial charge in [-0.1, -0.05) is 49.8 Å². The van der Waals surface area contributed by atoms with E-state index in [-0.39, 0.29) is 0 Å². The molecule has 1 aliphatic heterocycles. The van der Waals surface area contributed by atoms with E-state index in [4.69, 9.17) is 4.74 Å². The molecule has 0 bridgehead atoms. The van der Waals surface area contributed by atoms with Crippen molar-refractivity contribution in [1.29, 1.82) is 0 Å². The minimum Gasteiger partial charge on any atom is -0.372 e. The fourth-order valence-corrected chi connectivity index (χ4v) is 2.51. The summed E-state index contributed by atoms with van der Waals surface area (Å²) in [5.74, 6) is 3.34. The average Bonchev–Trinajstić information content (AvgIpc) is 2.34. The largest absolute Gasteiger partial charge is 0.372 e. The van der Waals surface area contributed by atoms with E-state index in [1.807, 2.05) is 0 Å². The third kappa shape index (κ3) is 3.13. The molecule has 1 aliphatic rings. The zero-order valence-electron chi connectivity index (χ0n) is 11.6. The lowest BCUT2D eigenvalue weighted by atomic mass is 9.95. The minimum absolute atomic E-state index is 0.684. The highest BCUT2D eigenvalue weighted by atomic mass is 28.3. The molecule has 2 rings (SSSR count). The second-order valence-corrected chi connectivity index (χ2v) is 10.5. The summed E-state index contributed by atoms with van der Waals surface area (Å²) in [7, 11) is -1.31. The summed E-state index contributed by atoms with van der Waals surface area (Å²) in [5.41, 5.74) is 8.42. The monoisotopic (exact) mass is 256 g/mol. The first-order valence-electron chi connectivity index (χ1n) is 6.36. The fourth-order valence-electron chi connectivity index (χ4n) is 1.95. The number of rotatable bonds is 0. The first-order valence-corrected chi connectivity index (χ1v) is 9.86. The van der Waals surface area contributed by atoms with Crippen molar-refractivity contribution in [3.8, 4) is 11.5 Å². The second-order valence-electron chi connectivity index (χ2n) is 5.75. The van der Waals surface area contributed by atoms with Crippen LogP contribution in [0.1, 0.15) is 18.1 Å². The van der Waals surface area contributed by atoms with Gasteiger partial charge in [0.25, 0.3) is 0 Å². The number of benzene rings is 1. The van der Waals surface area contributed by atoms with Crippen LogP contribution in [0.5, 0.6) is 0 Å². The smallest absolute Gasteiger partial charge is 0.129 e. The van der Waals surface area contributed by atoms with Crippen molar-refractivity contribution in [1.82, 2.24) is 0 Å². The lowest BCUT2D eigenvalue weighted by Gasteiger charge is -2.20. The molecule has 0 saturated carbocycles. The predicted octanol–water partition coefficient (Wildman–Crippen LogP) is 3.87. The number of hydrogen-bond acceptors (Lipinski definition) is 1. The zero-order chi connectivity index (χ0) is 13.2. The van der Waals surface area contributed by atoms with Gasteiger partial charge in [-0.3, -0.25) is 0 Å². The molecule has 1 heterocycles. The minimum atomic E-state index is -1.31. The molecular formula is C16H20OSi. The van der Waals surface area contributed by atoms with E-state index in [1.165, 1.54) is 16.7 Å². The van der Waals surface area contributed by atoms with Crippen LogP contribution in [0.15, 0.2) is 29.8 Å². The van der Waals surface area contributed by atoms with Gasteiger partial charge in [-0.25, -0.2) is 0 Å². The Hall–Kier alpha value is -1.30. The molecule has 1 aromatic rings. The molecular weight excluding hydrogens is 236 g/mol. The van der Waals surface area contributed by atoms with Crippen molar-refractivity contribution in [2.24, 2.45) is 0 Å². The van der Waals surface area contributed by atoms with E-state index in [0.29, 0.717) is 13.2 Å². The van der Waals surface area contributed by atoms with Crippen LogP contribution in [0.3, 0.4) is 0 Å². The van der Waals surface area contributed by atoms with E-state index in [1.54, 1.807) is 0 Å². The van der Waals surface area contributed by atoms with Gasteiger partial charge in [0.05, 0.1) is 13.2 Å². The van der Waals surface area contributed by atoms with Crippen molar-refractivity contribution in [3.05, 3.63) is 41.0 Å². The Labute approximate surface area is 111 Å². The standard InChI is InChI=1S/C16H20OSi/c1-13(9-10-18(2,3)4)16-12-17-11-14-7-5-6-8-15(14)16/h5-8H,11-12H2,1-4H3/b16-13+. The van der Waals surface area contributed by atoms with Gasteiger partial charge in [0.1, 0.15) is 8.07 Å². The molecule has 0 unspecified atom stereocenters. The molecule has 0 aliphatic carbocycles. The highest BCUT2D eigenvalue weighted by molar-refractivity contribution is 6.83. The Morgan fingerprint density at radius 3 is 2.61 bits per heavy atom. The Balaban J connectivity index is 2.42. The molecule has 1 nitrogen and oxygen atoms in total. The van der Waals surface area contributed by atoms with Crippen LogP contribution in [0.4, 0.5) is 0 Å². The van der Waals surface area contributed by atoms with Crippen LogP contribution in [0.25, 0.3) is 5.57 Å². The molecule has 2 heteroatoms. The lowest BCUT2D eigenvalue weighted by molar-refractivity contribution is 0.146. The molecule has 94 valence electrons. The Kier molecular flexibility index (Phi) is 3.75. The molecule has 1 aromatic carbocycles. The van der Waals surface area contributed by atoms with Crippen molar-refractivity contribution in [2.45, 2.75) is 33.2 Å². The summed E-state index contributed by atoms with van der Waals surface area (Å²) < 4.78 is 5.65. The maximum Gasteiger partial charge on any atom is 0.129 e. The Morgan fingerprint density at radius 2 is 1.89 bits per heavy atom. The number of ether oxygens (including phenoxy) is 1. The average molecular weight is 256 g/mol. The van der Waals surface area contributed by atoms with Gasteiger partial charge < -0.3 is 4.74 Å². The fraction of sp³-hybridized carbons (Fsp3) is 0.375. The van der Waals surface area contributed by atoms with E-state index < -0.39 is 8.07 Å². The summed E-state index contributed by atoms with van der Waals surface area (Å²) in [6.07, 6.45) is 0. The van der Waals surface area contributed by atoms with Gasteiger partial charge in [-0.2, -0.15) is 0 Å². The quantitative estimate of drug-likeness (QED) is 0.506. The highest BCUT2D eigenvalue weighted by Crippen LogP contribution is 2.27. The van der Waals surface area contributed by atoms with Gasteiger partial charge in [0.2, 0.25) is 0 Å². The van der Waals surface area contributed by atoms with Crippen molar-refractivity contribution < 1.29 is 4.74 Å². The topological polar surface area (TPSA) is 9.23 Å². The second kappa shape index (κ2) is 5.13. The molecule has 0 atom stereocenters. The van der Waals surface area contributed by atoms with Crippen molar-refractivity contribution >= 4 is 13.6 Å². The highest BCUT2D eigenvalue weighted by Gasteiger charge is 2.15. The summed E-state index contributed by atoms with van der Waals surface area (Å²) in [5, 5.41) is 0. The molecule has 0 spiro atoms.